The number of carbonyl (C=O) groups is 2. The van der Waals surface area contributed by atoms with E-state index in [1.165, 1.54) is 12.8 Å². The molecular formula is C21H23N3O3. The average Bonchev–Trinajstić information content (AvgIpc) is 3.58. The van der Waals surface area contributed by atoms with Gasteiger partial charge >= 0.3 is 0 Å². The normalized spacial score (nSPS) is 17.2. The summed E-state index contributed by atoms with van der Waals surface area (Å²) in [5.41, 5.74) is 7.42. The molecule has 3 N–H and O–H groups in total. The quantitative estimate of drug-likeness (QED) is 0.752. The first kappa shape index (κ1) is 17.5. The minimum Gasteiger partial charge on any atom is -0.477 e. The zero-order chi connectivity index (χ0) is 18.8. The number of benzene rings is 1. The number of nitrogens with one attached hydrogen (secondary N) is 1. The van der Waals surface area contributed by atoms with E-state index in [1.807, 2.05) is 12.1 Å². The van der Waals surface area contributed by atoms with Crippen molar-refractivity contribution >= 4 is 11.8 Å². The molecule has 6 heteroatoms. The third-order valence-electron chi connectivity index (χ3n) is 4.99. The van der Waals surface area contributed by atoms with Crippen LogP contribution >= 0.6 is 0 Å². The maximum absolute atomic E-state index is 12.7. The van der Waals surface area contributed by atoms with E-state index in [1.54, 1.807) is 30.3 Å². The van der Waals surface area contributed by atoms with Gasteiger partial charge in [-0.15, -0.1) is 0 Å². The number of nitrogens with two attached hydrogens (primary N) is 1. The highest BCUT2D eigenvalue weighted by atomic mass is 16.5. The van der Waals surface area contributed by atoms with Gasteiger partial charge in [0.1, 0.15) is 11.7 Å². The topological polar surface area (TPSA) is 94.3 Å². The highest BCUT2D eigenvalue weighted by Gasteiger charge is 2.30. The van der Waals surface area contributed by atoms with Gasteiger partial charge in [-0.1, -0.05) is 36.4 Å². The minimum absolute atomic E-state index is 0.229. The second-order valence-corrected chi connectivity index (χ2v) is 7.34. The molecule has 2 fully saturated rings. The molecule has 2 aliphatic carbocycles. The summed E-state index contributed by atoms with van der Waals surface area (Å²) in [7, 11) is 0. The summed E-state index contributed by atoms with van der Waals surface area (Å²) in [6.07, 6.45) is 4.64. The van der Waals surface area contributed by atoms with Gasteiger partial charge in [-0.3, -0.25) is 9.59 Å². The fourth-order valence-electron chi connectivity index (χ4n) is 3.05. The van der Waals surface area contributed by atoms with E-state index in [-0.39, 0.29) is 5.69 Å². The Morgan fingerprint density at radius 2 is 1.85 bits per heavy atom. The largest absolute Gasteiger partial charge is 0.477 e. The van der Waals surface area contributed by atoms with E-state index in [0.29, 0.717) is 29.9 Å². The van der Waals surface area contributed by atoms with Crippen molar-refractivity contribution in [3.8, 4) is 5.88 Å². The molecule has 2 aliphatic rings. The van der Waals surface area contributed by atoms with E-state index >= 15 is 0 Å². The first-order chi connectivity index (χ1) is 13.1. The Morgan fingerprint density at radius 3 is 2.48 bits per heavy atom. The number of hydrogen-bond acceptors (Lipinski definition) is 4. The zero-order valence-electron chi connectivity index (χ0n) is 15.1. The van der Waals surface area contributed by atoms with Crippen LogP contribution < -0.4 is 15.8 Å². The third-order valence-corrected chi connectivity index (χ3v) is 4.99. The summed E-state index contributed by atoms with van der Waals surface area (Å²) < 4.78 is 5.91. The van der Waals surface area contributed by atoms with Crippen molar-refractivity contribution in [1.29, 1.82) is 0 Å². The van der Waals surface area contributed by atoms with Gasteiger partial charge in [0.2, 0.25) is 11.8 Å². The van der Waals surface area contributed by atoms with Crippen LogP contribution in [0.2, 0.25) is 0 Å². The predicted octanol–water partition coefficient (Wildman–Crippen LogP) is 2.70. The monoisotopic (exact) mass is 365 g/mol. The van der Waals surface area contributed by atoms with Crippen LogP contribution in [-0.4, -0.2) is 23.4 Å². The highest BCUT2D eigenvalue weighted by Crippen LogP contribution is 2.44. The summed E-state index contributed by atoms with van der Waals surface area (Å²) in [5, 5.41) is 2.69. The molecule has 4 rings (SSSR count). The van der Waals surface area contributed by atoms with E-state index in [0.717, 1.165) is 18.4 Å². The summed E-state index contributed by atoms with van der Waals surface area (Å²) in [5.74, 6) is 0.572. The third kappa shape index (κ3) is 4.27. The number of ether oxygens (including phenoxy) is 1. The van der Waals surface area contributed by atoms with Crippen molar-refractivity contribution in [1.82, 2.24) is 10.3 Å². The van der Waals surface area contributed by atoms with Crippen LogP contribution in [0.15, 0.2) is 42.5 Å². The fraction of sp³-hybridized carbons (Fsp3) is 0.381. The molecule has 2 saturated carbocycles. The van der Waals surface area contributed by atoms with Crippen LogP contribution in [-0.2, 0) is 4.79 Å². The number of pyridine rings is 1. The van der Waals surface area contributed by atoms with Crippen molar-refractivity contribution in [3.05, 3.63) is 59.3 Å². The van der Waals surface area contributed by atoms with Crippen molar-refractivity contribution in [2.75, 3.05) is 6.61 Å². The second kappa shape index (κ2) is 7.39. The Bertz CT molecular complexity index is 845. The van der Waals surface area contributed by atoms with Crippen LogP contribution in [0.25, 0.3) is 0 Å². The van der Waals surface area contributed by atoms with Crippen LogP contribution in [0.4, 0.5) is 0 Å². The molecule has 6 nitrogen and oxygen atoms in total. The van der Waals surface area contributed by atoms with Crippen LogP contribution in [0.5, 0.6) is 5.88 Å². The minimum atomic E-state index is -0.903. The maximum atomic E-state index is 12.7. The standard InChI is InChI=1S/C21H23N3O3/c22-19(25)18(15-4-2-1-3-5-15)24-20(26)17-11-10-16(14-8-9-14)21(23-17)27-12-13-6-7-13/h1-5,10-11,13-14,18H,6-9,12H2,(H2,22,25)(H,24,26)/t18-/m0/s1. The van der Waals surface area contributed by atoms with E-state index in [9.17, 15) is 9.59 Å². The number of hydrogen-bond donors (Lipinski definition) is 2. The van der Waals surface area contributed by atoms with E-state index in [2.05, 4.69) is 10.3 Å². The first-order valence-corrected chi connectivity index (χ1v) is 9.40. The van der Waals surface area contributed by atoms with Gasteiger partial charge in [-0.25, -0.2) is 4.98 Å². The Balaban J connectivity index is 1.53. The van der Waals surface area contributed by atoms with Gasteiger partial charge in [0.05, 0.1) is 6.61 Å². The number of aromatic nitrogens is 1. The number of nitrogens with zero attached hydrogens (tertiary/aromatic N) is 1. The van der Waals surface area contributed by atoms with Gasteiger partial charge in [0.15, 0.2) is 0 Å². The van der Waals surface area contributed by atoms with Crippen molar-refractivity contribution < 1.29 is 14.3 Å². The summed E-state index contributed by atoms with van der Waals surface area (Å²) in [4.78, 5) is 29.0. The molecule has 2 aromatic rings. The molecule has 0 saturated heterocycles. The highest BCUT2D eigenvalue weighted by molar-refractivity contribution is 5.96. The zero-order valence-corrected chi connectivity index (χ0v) is 15.1. The summed E-state index contributed by atoms with van der Waals surface area (Å²) in [6.45, 7) is 0.645. The number of primary amides is 1. The van der Waals surface area contributed by atoms with Gasteiger partial charge < -0.3 is 15.8 Å². The molecule has 1 aromatic heterocycles. The fourth-order valence-corrected chi connectivity index (χ4v) is 3.05. The Morgan fingerprint density at radius 1 is 1.11 bits per heavy atom. The van der Waals surface area contributed by atoms with Crippen molar-refractivity contribution in [3.63, 3.8) is 0 Å². The lowest BCUT2D eigenvalue weighted by Gasteiger charge is -2.16. The summed E-state index contributed by atoms with van der Waals surface area (Å²) in [6, 6.07) is 11.6. The number of rotatable bonds is 8. The first-order valence-electron chi connectivity index (χ1n) is 9.40. The van der Waals surface area contributed by atoms with E-state index < -0.39 is 17.9 Å². The lowest BCUT2D eigenvalue weighted by Crippen LogP contribution is -2.37. The molecule has 27 heavy (non-hydrogen) atoms. The molecule has 0 aliphatic heterocycles. The van der Waals surface area contributed by atoms with Gasteiger partial charge in [0.25, 0.3) is 5.91 Å². The SMILES string of the molecule is NC(=O)[C@@H](NC(=O)c1ccc(C2CC2)c(OCC2CC2)n1)c1ccccc1. The van der Waals surface area contributed by atoms with Crippen molar-refractivity contribution in [2.24, 2.45) is 11.7 Å². The van der Waals surface area contributed by atoms with Gasteiger partial charge in [-0.05, 0) is 49.1 Å². The average molecular weight is 365 g/mol. The molecule has 140 valence electrons. The summed E-state index contributed by atoms with van der Waals surface area (Å²) >= 11 is 0. The van der Waals surface area contributed by atoms with Gasteiger partial charge in [0, 0.05) is 5.56 Å². The molecule has 0 spiro atoms. The lowest BCUT2D eigenvalue weighted by atomic mass is 10.1. The predicted molar refractivity (Wildman–Crippen MR) is 100 cm³/mol. The second-order valence-electron chi connectivity index (χ2n) is 7.34. The number of carbonyl (C=O) groups excluding carboxylic acids is 2. The lowest BCUT2D eigenvalue weighted by molar-refractivity contribution is -0.120. The maximum Gasteiger partial charge on any atom is 0.270 e. The molecule has 0 radical (unpaired) electrons. The Kier molecular flexibility index (Phi) is 4.79. The Hall–Kier alpha value is -2.89. The number of amides is 2. The van der Waals surface area contributed by atoms with Crippen LogP contribution in [0.3, 0.4) is 0 Å². The molecule has 1 atom stereocenters. The van der Waals surface area contributed by atoms with Crippen molar-refractivity contribution in [2.45, 2.75) is 37.6 Å². The van der Waals surface area contributed by atoms with Crippen LogP contribution in [0.1, 0.15) is 59.3 Å². The smallest absolute Gasteiger partial charge is 0.270 e. The molecule has 1 heterocycles. The molecule has 0 bridgehead atoms. The van der Waals surface area contributed by atoms with Crippen LogP contribution in [0, 0.1) is 5.92 Å². The Labute approximate surface area is 158 Å². The van der Waals surface area contributed by atoms with E-state index in [4.69, 9.17) is 10.5 Å². The molecule has 1 aromatic carbocycles. The molecular weight excluding hydrogens is 342 g/mol. The molecule has 0 unspecified atom stereocenters. The van der Waals surface area contributed by atoms with Gasteiger partial charge in [-0.2, -0.15) is 0 Å². The molecule has 2 amide bonds.